The van der Waals surface area contributed by atoms with Crippen molar-refractivity contribution in [1.29, 1.82) is 0 Å². The largest absolute Gasteiger partial charge is 0.494 e. The summed E-state index contributed by atoms with van der Waals surface area (Å²) in [5, 5.41) is 6.81. The first-order valence-electron chi connectivity index (χ1n) is 10.8. The van der Waals surface area contributed by atoms with Crippen LogP contribution >= 0.6 is 0 Å². The maximum atomic E-state index is 11.8. The van der Waals surface area contributed by atoms with Gasteiger partial charge in [0.2, 0.25) is 0 Å². The number of unbranched alkanes of at least 4 members (excludes halogenated alkanes) is 1. The minimum absolute atomic E-state index is 0.209. The van der Waals surface area contributed by atoms with Crippen LogP contribution in [0.25, 0.3) is 0 Å². The predicted molar refractivity (Wildman–Crippen MR) is 117 cm³/mol. The van der Waals surface area contributed by atoms with Crippen LogP contribution in [0, 0.1) is 6.92 Å². The third-order valence-corrected chi connectivity index (χ3v) is 4.82. The number of nitrogens with one attached hydrogen (secondary N) is 2. The van der Waals surface area contributed by atoms with E-state index in [2.05, 4.69) is 41.6 Å². The Bertz CT molecular complexity index is 625. The Morgan fingerprint density at radius 1 is 1.17 bits per heavy atom. The molecule has 0 atom stereocenters. The van der Waals surface area contributed by atoms with Crippen molar-refractivity contribution >= 4 is 12.1 Å². The Hall–Kier alpha value is -2.44. The molecule has 0 aromatic heterocycles. The molecule has 1 heterocycles. The van der Waals surface area contributed by atoms with E-state index in [1.807, 2.05) is 19.1 Å². The number of nitrogens with zero attached hydrogens (tertiary/aromatic N) is 2. The van der Waals surface area contributed by atoms with Crippen molar-refractivity contribution in [1.82, 2.24) is 15.5 Å². The summed E-state index contributed by atoms with van der Waals surface area (Å²) in [5.74, 6) is 1.77. The highest BCUT2D eigenvalue weighted by molar-refractivity contribution is 5.80. The van der Waals surface area contributed by atoms with E-state index in [0.29, 0.717) is 32.3 Å². The van der Waals surface area contributed by atoms with Crippen molar-refractivity contribution < 1.29 is 14.3 Å². The van der Waals surface area contributed by atoms with Crippen LogP contribution < -0.4 is 15.4 Å². The van der Waals surface area contributed by atoms with Gasteiger partial charge in [-0.05, 0) is 58.6 Å². The number of ether oxygens (including phenoxy) is 2. The third-order valence-electron chi connectivity index (χ3n) is 4.82. The number of carbonyl (C=O) groups excluding carboxylic acids is 1. The zero-order valence-corrected chi connectivity index (χ0v) is 18.1. The van der Waals surface area contributed by atoms with Crippen molar-refractivity contribution in [2.45, 2.75) is 52.5 Å². The molecule has 1 saturated heterocycles. The summed E-state index contributed by atoms with van der Waals surface area (Å²) in [6.07, 6.45) is 3.53. The Kier molecular flexibility index (Phi) is 10.2. The zero-order valence-electron chi connectivity index (χ0n) is 18.1. The van der Waals surface area contributed by atoms with Crippen molar-refractivity contribution in [3.63, 3.8) is 0 Å². The highest BCUT2D eigenvalue weighted by Crippen LogP contribution is 2.12. The number of aryl methyl sites for hydroxylation is 1. The molecule has 7 nitrogen and oxygen atoms in total. The second-order valence-electron chi connectivity index (χ2n) is 7.23. The fourth-order valence-electron chi connectivity index (χ4n) is 3.16. The Labute approximate surface area is 174 Å². The molecule has 29 heavy (non-hydrogen) atoms. The number of benzene rings is 1. The highest BCUT2D eigenvalue weighted by atomic mass is 16.6. The zero-order chi connectivity index (χ0) is 20.9. The van der Waals surface area contributed by atoms with E-state index in [0.717, 1.165) is 50.5 Å². The fraction of sp³-hybridized carbons (Fsp3) is 0.636. The summed E-state index contributed by atoms with van der Waals surface area (Å²) < 4.78 is 10.8. The smallest absolute Gasteiger partial charge is 0.409 e. The number of amides is 1. The average Bonchev–Trinajstić information content (AvgIpc) is 2.72. The summed E-state index contributed by atoms with van der Waals surface area (Å²) in [5.41, 5.74) is 1.24. The Morgan fingerprint density at radius 3 is 2.55 bits per heavy atom. The molecule has 2 rings (SSSR count). The quantitative estimate of drug-likeness (QED) is 0.375. The first-order valence-corrected chi connectivity index (χ1v) is 10.8. The molecule has 1 aromatic carbocycles. The molecule has 0 radical (unpaired) electrons. The maximum absolute atomic E-state index is 11.8. The average molecular weight is 405 g/mol. The summed E-state index contributed by atoms with van der Waals surface area (Å²) in [6.45, 7) is 10.1. The lowest BCUT2D eigenvalue weighted by atomic mass is 10.1. The van der Waals surface area contributed by atoms with Gasteiger partial charge < -0.3 is 25.0 Å². The minimum Gasteiger partial charge on any atom is -0.494 e. The van der Waals surface area contributed by atoms with Crippen LogP contribution in [-0.4, -0.2) is 62.4 Å². The van der Waals surface area contributed by atoms with Crippen molar-refractivity contribution in [2.75, 3.05) is 39.4 Å². The van der Waals surface area contributed by atoms with Crippen LogP contribution in [0.2, 0.25) is 0 Å². The lowest BCUT2D eigenvalue weighted by molar-refractivity contribution is 0.0963. The topological polar surface area (TPSA) is 75.2 Å². The molecule has 1 fully saturated rings. The number of guanidine groups is 1. The molecule has 0 bridgehead atoms. The number of carbonyl (C=O) groups is 1. The highest BCUT2D eigenvalue weighted by Gasteiger charge is 2.23. The van der Waals surface area contributed by atoms with Crippen molar-refractivity contribution in [3.05, 3.63) is 29.8 Å². The molecule has 2 N–H and O–H groups in total. The van der Waals surface area contributed by atoms with Gasteiger partial charge in [-0.15, -0.1) is 0 Å². The minimum atomic E-state index is -0.209. The predicted octanol–water partition coefficient (Wildman–Crippen LogP) is 3.33. The van der Waals surface area contributed by atoms with E-state index in [-0.39, 0.29) is 6.09 Å². The van der Waals surface area contributed by atoms with Gasteiger partial charge in [-0.1, -0.05) is 17.7 Å². The third kappa shape index (κ3) is 8.62. The Morgan fingerprint density at radius 2 is 1.90 bits per heavy atom. The SMILES string of the molecule is CCNC(=NCCCCOc1ccc(C)cc1)NC1CCN(C(=O)OCC)CC1. The molecule has 7 heteroatoms. The van der Waals surface area contributed by atoms with Crippen LogP contribution in [0.3, 0.4) is 0 Å². The second-order valence-corrected chi connectivity index (χ2v) is 7.23. The number of likely N-dealkylation sites (tertiary alicyclic amines) is 1. The van der Waals surface area contributed by atoms with Crippen LogP contribution in [0.1, 0.15) is 45.1 Å². The molecule has 1 aliphatic rings. The van der Waals surface area contributed by atoms with E-state index < -0.39 is 0 Å². The van der Waals surface area contributed by atoms with Gasteiger partial charge >= 0.3 is 6.09 Å². The van der Waals surface area contributed by atoms with Crippen LogP contribution in [0.4, 0.5) is 4.79 Å². The monoisotopic (exact) mass is 404 g/mol. The fourth-order valence-corrected chi connectivity index (χ4v) is 3.16. The molecular formula is C22H36N4O3. The molecular weight excluding hydrogens is 368 g/mol. The Balaban J connectivity index is 1.66. The van der Waals surface area contributed by atoms with Crippen LogP contribution in [0.5, 0.6) is 5.75 Å². The number of aliphatic imine (C=N–C) groups is 1. The molecule has 1 aliphatic heterocycles. The first kappa shape index (κ1) is 22.8. The van der Waals surface area contributed by atoms with Gasteiger partial charge in [-0.3, -0.25) is 4.99 Å². The van der Waals surface area contributed by atoms with Crippen molar-refractivity contribution in [2.24, 2.45) is 4.99 Å². The lowest BCUT2D eigenvalue weighted by Crippen LogP contribution is -2.49. The molecule has 0 spiro atoms. The van der Waals surface area contributed by atoms with Gasteiger partial charge in [0, 0.05) is 32.2 Å². The normalized spacial score (nSPS) is 15.1. The van der Waals surface area contributed by atoms with Crippen LogP contribution in [-0.2, 0) is 4.74 Å². The molecule has 1 amide bonds. The van der Waals surface area contributed by atoms with Gasteiger partial charge in [0.05, 0.1) is 13.2 Å². The molecule has 0 unspecified atom stereocenters. The molecule has 0 aliphatic carbocycles. The second kappa shape index (κ2) is 12.9. The van der Waals surface area contributed by atoms with Gasteiger partial charge in [0.1, 0.15) is 5.75 Å². The summed E-state index contributed by atoms with van der Waals surface area (Å²) in [7, 11) is 0. The van der Waals surface area contributed by atoms with Crippen LogP contribution in [0.15, 0.2) is 29.3 Å². The standard InChI is InChI=1S/C22H36N4O3/c1-4-23-21(25-19-12-15-26(16-13-19)22(27)28-5-2)24-14-6-7-17-29-20-10-8-18(3)9-11-20/h8-11,19H,4-7,12-17H2,1-3H3,(H2,23,24,25). The van der Waals surface area contributed by atoms with E-state index >= 15 is 0 Å². The van der Waals surface area contributed by atoms with E-state index in [4.69, 9.17) is 9.47 Å². The van der Waals surface area contributed by atoms with Crippen molar-refractivity contribution in [3.8, 4) is 5.75 Å². The summed E-state index contributed by atoms with van der Waals surface area (Å²) in [6, 6.07) is 8.46. The molecule has 1 aromatic rings. The number of hydrogen-bond acceptors (Lipinski definition) is 4. The number of hydrogen-bond donors (Lipinski definition) is 2. The molecule has 162 valence electrons. The van der Waals surface area contributed by atoms with Gasteiger partial charge in [-0.2, -0.15) is 0 Å². The van der Waals surface area contributed by atoms with Gasteiger partial charge in [0.15, 0.2) is 5.96 Å². The van der Waals surface area contributed by atoms with Gasteiger partial charge in [0.25, 0.3) is 0 Å². The molecule has 0 saturated carbocycles. The number of rotatable bonds is 9. The van der Waals surface area contributed by atoms with E-state index in [9.17, 15) is 4.79 Å². The van der Waals surface area contributed by atoms with E-state index in [1.165, 1.54) is 5.56 Å². The number of piperidine rings is 1. The summed E-state index contributed by atoms with van der Waals surface area (Å²) >= 11 is 0. The lowest BCUT2D eigenvalue weighted by Gasteiger charge is -2.32. The summed E-state index contributed by atoms with van der Waals surface area (Å²) in [4.78, 5) is 18.3. The maximum Gasteiger partial charge on any atom is 0.409 e. The van der Waals surface area contributed by atoms with Gasteiger partial charge in [-0.25, -0.2) is 4.79 Å². The first-order chi connectivity index (χ1) is 14.1. The van der Waals surface area contributed by atoms with E-state index in [1.54, 1.807) is 4.90 Å².